The Kier molecular flexibility index (Phi) is 6.64. The molecule has 1 amide bonds. The van der Waals surface area contributed by atoms with Crippen LogP contribution in [0.2, 0.25) is 0 Å². The summed E-state index contributed by atoms with van der Waals surface area (Å²) in [6.07, 6.45) is 0. The van der Waals surface area contributed by atoms with E-state index in [1.54, 1.807) is 22.9 Å². The van der Waals surface area contributed by atoms with Crippen LogP contribution in [0, 0.1) is 0 Å². The van der Waals surface area contributed by atoms with Gasteiger partial charge in [-0.3, -0.25) is 14.2 Å². The third-order valence-corrected chi connectivity index (χ3v) is 9.10. The van der Waals surface area contributed by atoms with E-state index in [2.05, 4.69) is 9.44 Å². The molecule has 0 aliphatic carbocycles. The van der Waals surface area contributed by atoms with Gasteiger partial charge in [0.2, 0.25) is 0 Å². The molecule has 14 heteroatoms. The number of nitrogens with one attached hydrogen (secondary N) is 2. The van der Waals surface area contributed by atoms with Crippen LogP contribution in [0.15, 0.2) is 61.6 Å². The molecule has 0 spiro atoms. The normalized spacial score (nSPS) is 11.6. The number of amides is 1. The molecule has 0 saturated carbocycles. The fourth-order valence-electron chi connectivity index (χ4n) is 2.33. The first-order chi connectivity index (χ1) is 14.6. The van der Waals surface area contributed by atoms with Crippen LogP contribution < -0.4 is 15.2 Å². The molecule has 10 nitrogen and oxygen atoms in total. The summed E-state index contributed by atoms with van der Waals surface area (Å²) in [5.41, 5.74) is 4.58. The lowest BCUT2D eigenvalue weighted by Crippen LogP contribution is -2.21. The molecule has 4 N–H and O–H groups in total. The maximum absolute atomic E-state index is 12.5. The number of sulfonamides is 2. The topological polar surface area (TPSA) is 162 Å². The first kappa shape index (κ1) is 22.7. The maximum atomic E-state index is 12.5. The number of hydrogen-bond acceptors (Lipinski definition) is 9. The number of anilines is 2. The fourth-order valence-corrected chi connectivity index (χ4v) is 6.39. The van der Waals surface area contributed by atoms with E-state index >= 15 is 0 Å². The molecule has 0 fully saturated rings. The highest BCUT2D eigenvalue weighted by molar-refractivity contribution is 7.95. The van der Waals surface area contributed by atoms with Crippen molar-refractivity contribution in [2.45, 2.75) is 8.42 Å². The second-order valence-corrected chi connectivity index (χ2v) is 11.6. The number of thiophene rings is 2. The lowest BCUT2D eigenvalue weighted by atomic mass is 10.2. The Bertz CT molecular complexity index is 1220. The first-order valence-electron chi connectivity index (χ1n) is 8.30. The minimum atomic E-state index is -3.97. The summed E-state index contributed by atoms with van der Waals surface area (Å²) in [5, 5.41) is 3.15. The number of carbonyl (C=O) groups excluding carboxylic acids is 2. The van der Waals surface area contributed by atoms with Gasteiger partial charge in [0, 0.05) is 0 Å². The zero-order valence-corrected chi connectivity index (χ0v) is 18.7. The van der Waals surface area contributed by atoms with Crippen molar-refractivity contribution in [3.05, 3.63) is 58.8 Å². The minimum Gasteiger partial charge on any atom is -0.452 e. The molecule has 0 aliphatic heterocycles. The molecule has 164 valence electrons. The standard InChI is InChI=1S/C17H15N3O7S4/c18-14(21)10-27-17(22)11-7-12(19-30(23,24)15-3-1-5-28-15)9-13(8-11)20-31(25,26)16-4-2-6-29-16/h1-9,19-20H,10H2,(H2,18,21). The molecule has 0 bridgehead atoms. The predicted octanol–water partition coefficient (Wildman–Crippen LogP) is 2.05. The lowest BCUT2D eigenvalue weighted by Gasteiger charge is -2.13. The number of esters is 1. The molecule has 0 saturated heterocycles. The van der Waals surface area contributed by atoms with Gasteiger partial charge in [-0.1, -0.05) is 12.1 Å². The van der Waals surface area contributed by atoms with Crippen molar-refractivity contribution in [1.29, 1.82) is 0 Å². The van der Waals surface area contributed by atoms with Crippen molar-refractivity contribution in [2.75, 3.05) is 16.1 Å². The quantitative estimate of drug-likeness (QED) is 0.378. The van der Waals surface area contributed by atoms with Gasteiger partial charge >= 0.3 is 5.97 Å². The summed E-state index contributed by atoms with van der Waals surface area (Å²) in [4.78, 5) is 23.1. The van der Waals surface area contributed by atoms with Gasteiger partial charge in [0.05, 0.1) is 16.9 Å². The molecule has 2 heterocycles. The zero-order chi connectivity index (χ0) is 22.6. The van der Waals surface area contributed by atoms with Gasteiger partial charge in [-0.2, -0.15) is 0 Å². The van der Waals surface area contributed by atoms with Crippen molar-refractivity contribution in [3.63, 3.8) is 0 Å². The second kappa shape index (κ2) is 9.05. The monoisotopic (exact) mass is 501 g/mol. The second-order valence-electron chi connectivity index (χ2n) is 5.92. The molecular weight excluding hydrogens is 486 g/mol. The first-order valence-corrected chi connectivity index (χ1v) is 13.0. The van der Waals surface area contributed by atoms with Crippen LogP contribution >= 0.6 is 22.7 Å². The van der Waals surface area contributed by atoms with Crippen LogP contribution in [0.3, 0.4) is 0 Å². The smallest absolute Gasteiger partial charge is 0.338 e. The summed E-state index contributed by atoms with van der Waals surface area (Å²) in [5.74, 6) is -1.88. The number of primary amides is 1. The Balaban J connectivity index is 1.97. The van der Waals surface area contributed by atoms with Gasteiger partial charge < -0.3 is 10.5 Å². The van der Waals surface area contributed by atoms with Crippen molar-refractivity contribution in [1.82, 2.24) is 0 Å². The van der Waals surface area contributed by atoms with E-state index in [4.69, 9.17) is 10.5 Å². The van der Waals surface area contributed by atoms with Gasteiger partial charge in [0.15, 0.2) is 6.61 Å². The van der Waals surface area contributed by atoms with Gasteiger partial charge in [-0.05, 0) is 41.1 Å². The van der Waals surface area contributed by atoms with Crippen molar-refractivity contribution < 1.29 is 31.2 Å². The molecular formula is C17H15N3O7S4. The van der Waals surface area contributed by atoms with E-state index in [-0.39, 0.29) is 25.4 Å². The Morgan fingerprint density at radius 2 is 1.35 bits per heavy atom. The predicted molar refractivity (Wildman–Crippen MR) is 116 cm³/mol. The number of rotatable bonds is 9. The largest absolute Gasteiger partial charge is 0.452 e. The average molecular weight is 502 g/mol. The van der Waals surface area contributed by atoms with Crippen LogP contribution in [0.4, 0.5) is 11.4 Å². The summed E-state index contributed by atoms with van der Waals surface area (Å²) in [7, 11) is -7.95. The molecule has 3 rings (SSSR count). The Morgan fingerprint density at radius 3 is 1.74 bits per heavy atom. The van der Waals surface area contributed by atoms with E-state index < -0.39 is 38.5 Å². The Morgan fingerprint density at radius 1 is 0.871 bits per heavy atom. The number of ether oxygens (including phenoxy) is 1. The van der Waals surface area contributed by atoms with Crippen LogP contribution in [0.5, 0.6) is 0 Å². The SMILES string of the molecule is NC(=O)COC(=O)c1cc(NS(=O)(=O)c2cccs2)cc(NS(=O)(=O)c2cccs2)c1. The molecule has 2 aromatic heterocycles. The third kappa shape index (κ3) is 5.81. The fraction of sp³-hybridized carbons (Fsp3) is 0.0588. The van der Waals surface area contributed by atoms with Gasteiger partial charge in [0.1, 0.15) is 8.42 Å². The summed E-state index contributed by atoms with van der Waals surface area (Å²) < 4.78 is 59.5. The van der Waals surface area contributed by atoms with Crippen molar-refractivity contribution >= 4 is 66.0 Å². The lowest BCUT2D eigenvalue weighted by molar-refractivity contribution is -0.121. The van der Waals surface area contributed by atoms with Crippen LogP contribution in [-0.2, 0) is 29.6 Å². The number of benzene rings is 1. The number of carbonyl (C=O) groups is 2. The van der Waals surface area contributed by atoms with E-state index in [9.17, 15) is 26.4 Å². The van der Waals surface area contributed by atoms with Crippen LogP contribution in [-0.4, -0.2) is 35.3 Å². The van der Waals surface area contributed by atoms with Crippen molar-refractivity contribution in [3.8, 4) is 0 Å². The maximum Gasteiger partial charge on any atom is 0.338 e. The summed E-state index contributed by atoms with van der Waals surface area (Å²) >= 11 is 1.96. The van der Waals surface area contributed by atoms with Crippen LogP contribution in [0.25, 0.3) is 0 Å². The highest BCUT2D eigenvalue weighted by Gasteiger charge is 2.20. The molecule has 0 unspecified atom stereocenters. The molecule has 1 aromatic carbocycles. The highest BCUT2D eigenvalue weighted by atomic mass is 32.3. The summed E-state index contributed by atoms with van der Waals surface area (Å²) in [6, 6.07) is 9.39. The average Bonchev–Trinajstić information content (AvgIpc) is 3.39. The summed E-state index contributed by atoms with van der Waals surface area (Å²) in [6.45, 7) is -0.694. The Hall–Kier alpha value is -2.94. The molecule has 0 aliphatic rings. The molecule has 3 aromatic rings. The zero-order valence-electron chi connectivity index (χ0n) is 15.5. The van der Waals surface area contributed by atoms with E-state index in [1.165, 1.54) is 18.2 Å². The van der Waals surface area contributed by atoms with Gasteiger partial charge in [0.25, 0.3) is 26.0 Å². The van der Waals surface area contributed by atoms with E-state index in [0.29, 0.717) is 0 Å². The molecule has 0 atom stereocenters. The number of hydrogen-bond donors (Lipinski definition) is 3. The molecule has 0 radical (unpaired) electrons. The molecule has 31 heavy (non-hydrogen) atoms. The Labute approximate surface area is 185 Å². The van der Waals surface area contributed by atoms with E-state index in [1.807, 2.05) is 0 Å². The van der Waals surface area contributed by atoms with Gasteiger partial charge in [-0.15, -0.1) is 22.7 Å². The number of nitrogens with two attached hydrogens (primary N) is 1. The third-order valence-electron chi connectivity index (χ3n) is 3.54. The van der Waals surface area contributed by atoms with E-state index in [0.717, 1.165) is 34.8 Å². The van der Waals surface area contributed by atoms with Crippen LogP contribution in [0.1, 0.15) is 10.4 Å². The van der Waals surface area contributed by atoms with Gasteiger partial charge in [-0.25, -0.2) is 21.6 Å². The van der Waals surface area contributed by atoms with Crippen molar-refractivity contribution in [2.24, 2.45) is 5.73 Å². The minimum absolute atomic E-state index is 0.0231. The highest BCUT2D eigenvalue weighted by Crippen LogP contribution is 2.27.